The minimum atomic E-state index is -1.15. The van der Waals surface area contributed by atoms with Crippen LogP contribution in [0.1, 0.15) is 25.8 Å². The van der Waals surface area contributed by atoms with Crippen LogP contribution in [-0.4, -0.2) is 64.5 Å². The number of hydrogen-bond acceptors (Lipinski definition) is 7. The van der Waals surface area contributed by atoms with E-state index >= 15 is 0 Å². The number of carboxylic acid groups (broad SMARTS) is 1. The summed E-state index contributed by atoms with van der Waals surface area (Å²) in [5.41, 5.74) is 6.40. The second-order valence-corrected chi connectivity index (χ2v) is 8.54. The number of carbonyl (C=O) groups is 4. The fourth-order valence-corrected chi connectivity index (χ4v) is 3.28. The number of rotatable bonds is 13. The number of carboxylic acids is 1. The van der Waals surface area contributed by atoms with E-state index in [0.29, 0.717) is 0 Å². The minimum Gasteiger partial charge on any atom is -0.480 e. The molecule has 0 saturated heterocycles. The highest BCUT2D eigenvalue weighted by Gasteiger charge is 2.30. The van der Waals surface area contributed by atoms with Crippen LogP contribution in [0.25, 0.3) is 0 Å². The van der Waals surface area contributed by atoms with E-state index in [1.165, 1.54) is 0 Å². The van der Waals surface area contributed by atoms with Crippen molar-refractivity contribution < 1.29 is 24.3 Å². The summed E-state index contributed by atoms with van der Waals surface area (Å²) < 4.78 is 0. The van der Waals surface area contributed by atoms with Crippen LogP contribution in [-0.2, 0) is 25.6 Å². The number of aliphatic carboxylic acids is 1. The van der Waals surface area contributed by atoms with Gasteiger partial charge in [0.1, 0.15) is 18.1 Å². The van der Waals surface area contributed by atoms with Gasteiger partial charge in [0.25, 0.3) is 0 Å². The van der Waals surface area contributed by atoms with Gasteiger partial charge in [0.05, 0.1) is 6.04 Å². The molecule has 0 aromatic heterocycles. The van der Waals surface area contributed by atoms with E-state index < -0.39 is 47.9 Å². The third-order valence-corrected chi connectivity index (χ3v) is 5.34. The van der Waals surface area contributed by atoms with Crippen molar-refractivity contribution in [3.05, 3.63) is 35.9 Å². The molecule has 0 aliphatic rings. The number of carbonyl (C=O) groups excluding carboxylic acids is 3. The van der Waals surface area contributed by atoms with Crippen LogP contribution < -0.4 is 21.7 Å². The van der Waals surface area contributed by atoms with Gasteiger partial charge < -0.3 is 26.8 Å². The van der Waals surface area contributed by atoms with Gasteiger partial charge in [-0.15, -0.1) is 0 Å². The Kier molecular flexibility index (Phi) is 12.2. The van der Waals surface area contributed by atoms with Crippen LogP contribution in [0.15, 0.2) is 30.3 Å². The fourth-order valence-electron chi connectivity index (χ4n) is 2.85. The standard InChI is InChI=1S/C21H32N4O5S2/c1-12(2)8-16(21(29)30)24-19(27)15(9-13-6-4-3-5-7-13)23-20(28)17(11-32)25-18(26)14(22)10-31/h3-7,12,14-17,31-32H,8-11,22H2,1-2H3,(H,23,28)(H,24,27)(H,25,26)(H,29,30). The number of nitrogens with one attached hydrogen (secondary N) is 3. The third-order valence-electron chi connectivity index (χ3n) is 4.59. The van der Waals surface area contributed by atoms with Crippen LogP contribution in [0, 0.1) is 5.92 Å². The highest BCUT2D eigenvalue weighted by Crippen LogP contribution is 2.08. The van der Waals surface area contributed by atoms with Crippen molar-refractivity contribution in [1.82, 2.24) is 16.0 Å². The van der Waals surface area contributed by atoms with Gasteiger partial charge in [-0.3, -0.25) is 14.4 Å². The molecule has 0 radical (unpaired) electrons. The predicted octanol–water partition coefficient (Wildman–Crippen LogP) is 0.00110. The van der Waals surface area contributed by atoms with Crippen LogP contribution in [0.4, 0.5) is 0 Å². The molecule has 0 spiro atoms. The highest BCUT2D eigenvalue weighted by molar-refractivity contribution is 7.80. The third kappa shape index (κ3) is 9.49. The minimum absolute atomic E-state index is 0.0261. The number of benzene rings is 1. The van der Waals surface area contributed by atoms with Crippen molar-refractivity contribution in [1.29, 1.82) is 0 Å². The van der Waals surface area contributed by atoms with E-state index in [1.807, 2.05) is 19.9 Å². The summed E-state index contributed by atoms with van der Waals surface area (Å²) in [6, 6.07) is 4.90. The lowest BCUT2D eigenvalue weighted by Gasteiger charge is -2.25. The molecule has 32 heavy (non-hydrogen) atoms. The summed E-state index contributed by atoms with van der Waals surface area (Å²) in [6.07, 6.45) is 0.375. The molecule has 0 aliphatic heterocycles. The monoisotopic (exact) mass is 484 g/mol. The normalized spacial score (nSPS) is 14.7. The van der Waals surface area contributed by atoms with Crippen molar-refractivity contribution in [2.75, 3.05) is 11.5 Å². The van der Waals surface area contributed by atoms with Crippen LogP contribution >= 0.6 is 25.3 Å². The summed E-state index contributed by atoms with van der Waals surface area (Å²) in [4.78, 5) is 49.3. The molecule has 0 fully saturated rings. The lowest BCUT2D eigenvalue weighted by molar-refractivity contribution is -0.142. The van der Waals surface area contributed by atoms with Gasteiger partial charge in [-0.1, -0.05) is 44.2 Å². The first-order valence-electron chi connectivity index (χ1n) is 10.2. The predicted molar refractivity (Wildman–Crippen MR) is 129 cm³/mol. The second-order valence-electron chi connectivity index (χ2n) is 7.81. The number of hydrogen-bond donors (Lipinski definition) is 7. The van der Waals surface area contributed by atoms with Gasteiger partial charge in [-0.2, -0.15) is 25.3 Å². The summed E-state index contributed by atoms with van der Waals surface area (Å²) in [6.45, 7) is 3.70. The second kappa shape index (κ2) is 14.0. The van der Waals surface area contributed by atoms with Gasteiger partial charge in [-0.25, -0.2) is 4.79 Å². The van der Waals surface area contributed by atoms with Crippen LogP contribution in [0.3, 0.4) is 0 Å². The van der Waals surface area contributed by atoms with E-state index in [4.69, 9.17) is 5.73 Å². The molecular formula is C21H32N4O5S2. The maximum atomic E-state index is 12.9. The maximum absolute atomic E-state index is 12.9. The number of amides is 3. The zero-order chi connectivity index (χ0) is 24.3. The molecule has 9 nitrogen and oxygen atoms in total. The van der Waals surface area contributed by atoms with Crippen LogP contribution in [0.5, 0.6) is 0 Å². The Morgan fingerprint density at radius 2 is 1.41 bits per heavy atom. The van der Waals surface area contributed by atoms with E-state index in [2.05, 4.69) is 41.2 Å². The quantitative estimate of drug-likeness (QED) is 0.196. The molecule has 0 saturated carbocycles. The molecule has 0 aliphatic carbocycles. The van der Waals surface area contributed by atoms with Crippen molar-refractivity contribution >= 4 is 48.9 Å². The van der Waals surface area contributed by atoms with E-state index in [0.717, 1.165) is 5.56 Å². The lowest BCUT2D eigenvalue weighted by atomic mass is 10.0. The first kappa shape index (κ1) is 27.8. The Labute approximate surface area is 199 Å². The Morgan fingerprint density at radius 1 is 0.875 bits per heavy atom. The Bertz CT molecular complexity index is 779. The van der Waals surface area contributed by atoms with Crippen molar-refractivity contribution in [2.45, 2.75) is 50.9 Å². The molecule has 1 rings (SSSR count). The molecule has 4 atom stereocenters. The molecule has 1 aromatic rings. The Balaban J connectivity index is 3.01. The maximum Gasteiger partial charge on any atom is 0.326 e. The molecular weight excluding hydrogens is 452 g/mol. The molecule has 0 heterocycles. The molecule has 3 amide bonds. The van der Waals surface area contributed by atoms with Crippen molar-refractivity contribution in [2.24, 2.45) is 11.7 Å². The van der Waals surface area contributed by atoms with E-state index in [1.54, 1.807) is 24.3 Å². The fraction of sp³-hybridized carbons (Fsp3) is 0.524. The molecule has 178 valence electrons. The summed E-state index contributed by atoms with van der Waals surface area (Å²) in [5.74, 6) is -2.88. The van der Waals surface area contributed by atoms with Gasteiger partial charge >= 0.3 is 5.97 Å². The first-order chi connectivity index (χ1) is 15.1. The SMILES string of the molecule is CC(C)CC(NC(=O)C(Cc1ccccc1)NC(=O)C(CS)NC(=O)C(N)CS)C(=O)O. The Hall–Kier alpha value is -2.24. The number of nitrogens with two attached hydrogens (primary N) is 1. The number of thiol groups is 2. The molecule has 11 heteroatoms. The zero-order valence-electron chi connectivity index (χ0n) is 18.2. The van der Waals surface area contributed by atoms with Gasteiger partial charge in [-0.05, 0) is 17.9 Å². The van der Waals surface area contributed by atoms with Gasteiger partial charge in [0.15, 0.2) is 0 Å². The summed E-state index contributed by atoms with van der Waals surface area (Å²) >= 11 is 8.07. The van der Waals surface area contributed by atoms with Gasteiger partial charge in [0, 0.05) is 17.9 Å². The van der Waals surface area contributed by atoms with E-state index in [-0.39, 0.29) is 30.3 Å². The lowest BCUT2D eigenvalue weighted by Crippen LogP contribution is -2.58. The van der Waals surface area contributed by atoms with Crippen molar-refractivity contribution in [3.63, 3.8) is 0 Å². The average molecular weight is 485 g/mol. The molecule has 0 bridgehead atoms. The topological polar surface area (TPSA) is 151 Å². The molecule has 1 aromatic carbocycles. The van der Waals surface area contributed by atoms with Gasteiger partial charge in [0.2, 0.25) is 17.7 Å². The molecule has 6 N–H and O–H groups in total. The highest BCUT2D eigenvalue weighted by atomic mass is 32.1. The summed E-state index contributed by atoms with van der Waals surface area (Å²) in [5, 5.41) is 17.0. The van der Waals surface area contributed by atoms with E-state index in [9.17, 15) is 24.3 Å². The zero-order valence-corrected chi connectivity index (χ0v) is 19.9. The summed E-state index contributed by atoms with van der Waals surface area (Å²) in [7, 11) is 0. The van der Waals surface area contributed by atoms with Crippen molar-refractivity contribution in [3.8, 4) is 0 Å². The first-order valence-corrected chi connectivity index (χ1v) is 11.5. The largest absolute Gasteiger partial charge is 0.480 e. The Morgan fingerprint density at radius 3 is 1.91 bits per heavy atom. The smallest absolute Gasteiger partial charge is 0.326 e. The van der Waals surface area contributed by atoms with Crippen LogP contribution in [0.2, 0.25) is 0 Å². The average Bonchev–Trinajstić information content (AvgIpc) is 2.75. The molecule has 4 unspecified atom stereocenters.